The first kappa shape index (κ1) is 46.0. The molecule has 0 bridgehead atoms. The minimum atomic E-state index is -1.31. The second kappa shape index (κ2) is 20.9. The maximum Gasteiger partial charge on any atom is 0.326 e. The van der Waals surface area contributed by atoms with Crippen molar-refractivity contribution in [3.63, 3.8) is 0 Å². The molecule has 2 amide bonds. The van der Waals surface area contributed by atoms with Gasteiger partial charge in [0.15, 0.2) is 22.3 Å². The third-order valence-electron chi connectivity index (χ3n) is 8.71. The van der Waals surface area contributed by atoms with Crippen LogP contribution >= 0.6 is 0 Å². The largest absolute Gasteiger partial charge is 0.481 e. The number of fused-ring (bicyclic) bond motifs is 2. The van der Waals surface area contributed by atoms with Crippen LogP contribution in [-0.4, -0.2) is 108 Å². The second-order valence-corrected chi connectivity index (χ2v) is 13.4. The quantitative estimate of drug-likeness (QED) is 0.0536. The van der Waals surface area contributed by atoms with Gasteiger partial charge in [0, 0.05) is 35.3 Å². The first-order valence-corrected chi connectivity index (χ1v) is 18.7. The molecule has 0 fully saturated rings. The summed E-state index contributed by atoms with van der Waals surface area (Å²) < 4.78 is 0. The molecule has 1 unspecified atom stereocenters. The fraction of sp³-hybridized carbons (Fsp3) is 0.211. The van der Waals surface area contributed by atoms with E-state index in [1.807, 2.05) is 0 Å². The molecule has 14 N–H and O–H groups in total. The van der Waals surface area contributed by atoms with Crippen LogP contribution in [-0.2, 0) is 32.3 Å². The predicted molar refractivity (Wildman–Crippen MR) is 224 cm³/mol. The van der Waals surface area contributed by atoms with Crippen LogP contribution in [0, 0.1) is 0 Å². The molecule has 4 aromatic heterocycles. The molecule has 26 nitrogen and oxygen atoms in total. The molecule has 0 aliphatic heterocycles. The van der Waals surface area contributed by atoms with Crippen molar-refractivity contribution in [1.82, 2.24) is 50.5 Å². The van der Waals surface area contributed by atoms with Gasteiger partial charge >= 0.3 is 23.9 Å². The van der Waals surface area contributed by atoms with E-state index in [1.54, 1.807) is 24.3 Å². The number of nitrogens with one attached hydrogen (secondary N) is 6. The molecule has 0 aliphatic rings. The van der Waals surface area contributed by atoms with Gasteiger partial charge in [-0.1, -0.05) is 0 Å². The number of anilines is 4. The molecular formula is C38H38N14O12. The van der Waals surface area contributed by atoms with Gasteiger partial charge in [-0.3, -0.25) is 38.7 Å². The molecule has 0 saturated heterocycles. The average Bonchev–Trinajstić information content (AvgIpc) is 3.25. The molecule has 0 aliphatic carbocycles. The van der Waals surface area contributed by atoms with Crippen molar-refractivity contribution >= 4 is 81.3 Å². The lowest BCUT2D eigenvalue weighted by atomic mass is 10.1. The third kappa shape index (κ3) is 12.9. The van der Waals surface area contributed by atoms with E-state index in [1.165, 1.54) is 36.7 Å². The monoisotopic (exact) mass is 882 g/mol. The normalized spacial score (nSPS) is 11.6. The zero-order valence-corrected chi connectivity index (χ0v) is 33.1. The number of carbonyl (C=O) groups excluding carboxylic acids is 2. The summed E-state index contributed by atoms with van der Waals surface area (Å²) in [5.41, 5.74) is 12.9. The van der Waals surface area contributed by atoms with Crippen LogP contribution in [0.4, 0.5) is 23.3 Å². The number of nitrogens with two attached hydrogens (primary N) is 2. The lowest BCUT2D eigenvalue weighted by molar-refractivity contribution is -0.142. The van der Waals surface area contributed by atoms with Crippen molar-refractivity contribution in [1.29, 1.82) is 0 Å². The summed E-state index contributed by atoms with van der Waals surface area (Å²) in [5, 5.41) is 46.4. The number of hydrogen-bond donors (Lipinski definition) is 12. The summed E-state index contributed by atoms with van der Waals surface area (Å²) in [6, 6.07) is 9.73. The Hall–Kier alpha value is -9.10. The number of benzene rings is 2. The molecular weight excluding hydrogens is 845 g/mol. The number of aliphatic carboxylic acids is 4. The SMILES string of the molecule is Nc1nc2ncc(CNc3ccc(C(=O)NC(CCC(=O)O)C(=O)O)cc3)nc2c(=O)[nH]1.Nc1nc2ncc(CNc3ccc(C(=O)N[C@@H](CCC(=O)O)C(=O)O)cc3)nc2c(=O)[nH]1. The second-order valence-electron chi connectivity index (χ2n) is 13.4. The van der Waals surface area contributed by atoms with Crippen LogP contribution in [0.1, 0.15) is 57.8 Å². The first-order chi connectivity index (χ1) is 30.4. The summed E-state index contributed by atoms with van der Waals surface area (Å²) in [6.45, 7) is 0.461. The molecule has 26 heteroatoms. The van der Waals surface area contributed by atoms with Crippen LogP contribution in [0.3, 0.4) is 0 Å². The number of hydrogen-bond acceptors (Lipinski definition) is 18. The topological polar surface area (TPSA) is 427 Å². The minimum absolute atomic E-state index is 0.0524. The maximum absolute atomic E-state index is 12.3. The molecule has 0 radical (unpaired) electrons. The molecule has 332 valence electrons. The van der Waals surface area contributed by atoms with E-state index in [4.69, 9.17) is 31.9 Å². The Labute approximate surface area is 357 Å². The van der Waals surface area contributed by atoms with Crippen LogP contribution in [0.5, 0.6) is 0 Å². The minimum Gasteiger partial charge on any atom is -0.481 e. The first-order valence-electron chi connectivity index (χ1n) is 18.7. The Morgan fingerprint density at radius 3 is 1.25 bits per heavy atom. The third-order valence-corrected chi connectivity index (χ3v) is 8.71. The van der Waals surface area contributed by atoms with Crippen LogP contribution in [0.2, 0.25) is 0 Å². The maximum atomic E-state index is 12.3. The molecule has 6 rings (SSSR count). The highest BCUT2D eigenvalue weighted by atomic mass is 16.4. The van der Waals surface area contributed by atoms with Crippen molar-refractivity contribution in [3.05, 3.63) is 104 Å². The van der Waals surface area contributed by atoms with Crippen molar-refractivity contribution in [2.45, 2.75) is 50.9 Å². The highest BCUT2D eigenvalue weighted by molar-refractivity contribution is 5.97. The lowest BCUT2D eigenvalue weighted by Gasteiger charge is -2.14. The van der Waals surface area contributed by atoms with Crippen LogP contribution < -0.4 is 43.9 Å². The highest BCUT2D eigenvalue weighted by Gasteiger charge is 2.23. The number of amides is 2. The van der Waals surface area contributed by atoms with E-state index in [2.05, 4.69) is 61.1 Å². The zero-order valence-electron chi connectivity index (χ0n) is 33.1. The van der Waals surface area contributed by atoms with E-state index in [9.17, 15) is 38.4 Å². The van der Waals surface area contributed by atoms with Crippen LogP contribution in [0.15, 0.2) is 70.5 Å². The van der Waals surface area contributed by atoms with Gasteiger partial charge in [0.2, 0.25) is 11.9 Å². The number of rotatable bonds is 18. The van der Waals surface area contributed by atoms with E-state index in [-0.39, 0.29) is 84.1 Å². The Morgan fingerprint density at radius 2 is 0.922 bits per heavy atom. The number of nitrogen functional groups attached to an aromatic ring is 2. The fourth-order valence-corrected chi connectivity index (χ4v) is 5.51. The molecule has 4 heterocycles. The van der Waals surface area contributed by atoms with Gasteiger partial charge in [-0.2, -0.15) is 9.97 Å². The number of carbonyl (C=O) groups is 6. The van der Waals surface area contributed by atoms with E-state index >= 15 is 0 Å². The molecule has 0 saturated carbocycles. The number of carboxylic acid groups (broad SMARTS) is 4. The fourth-order valence-electron chi connectivity index (χ4n) is 5.51. The Morgan fingerprint density at radius 1 is 0.562 bits per heavy atom. The molecule has 6 aromatic rings. The summed E-state index contributed by atoms with van der Waals surface area (Å²) in [6.07, 6.45) is 1.68. The Balaban J connectivity index is 0.000000241. The Bertz CT molecular complexity index is 2640. The summed E-state index contributed by atoms with van der Waals surface area (Å²) in [7, 11) is 0. The molecule has 64 heavy (non-hydrogen) atoms. The van der Waals surface area contributed by atoms with Gasteiger partial charge in [0.25, 0.3) is 22.9 Å². The van der Waals surface area contributed by atoms with Gasteiger partial charge in [0.05, 0.1) is 36.9 Å². The number of nitrogens with zero attached hydrogens (tertiary/aromatic N) is 6. The summed E-state index contributed by atoms with van der Waals surface area (Å²) >= 11 is 0. The molecule has 0 spiro atoms. The van der Waals surface area contributed by atoms with Crippen molar-refractivity contribution in [2.75, 3.05) is 22.1 Å². The van der Waals surface area contributed by atoms with Gasteiger partial charge in [-0.25, -0.2) is 29.5 Å². The Kier molecular flexibility index (Phi) is 15.0. The van der Waals surface area contributed by atoms with Crippen molar-refractivity contribution in [3.8, 4) is 0 Å². The smallest absolute Gasteiger partial charge is 0.326 e. The number of carboxylic acids is 4. The van der Waals surface area contributed by atoms with Gasteiger partial charge < -0.3 is 53.2 Å². The van der Waals surface area contributed by atoms with Gasteiger partial charge in [0.1, 0.15) is 12.1 Å². The number of aromatic amines is 2. The molecule has 2 atom stereocenters. The van der Waals surface area contributed by atoms with Crippen molar-refractivity contribution < 1.29 is 49.2 Å². The summed E-state index contributed by atoms with van der Waals surface area (Å²) in [4.78, 5) is 121. The van der Waals surface area contributed by atoms with Crippen molar-refractivity contribution in [2.24, 2.45) is 0 Å². The number of H-pyrrole nitrogens is 2. The van der Waals surface area contributed by atoms with Crippen LogP contribution in [0.25, 0.3) is 22.3 Å². The molecule has 2 aromatic carbocycles. The summed E-state index contributed by atoms with van der Waals surface area (Å²) in [5.74, 6) is -6.31. The van der Waals surface area contributed by atoms with E-state index in [0.717, 1.165) is 0 Å². The van der Waals surface area contributed by atoms with Gasteiger partial charge in [-0.05, 0) is 61.4 Å². The number of aromatic nitrogens is 8. The standard InChI is InChI=1S/2C19H19N7O6/c2*20-19-25-15-14(17(30)26-19)23-11(8-22-15)7-21-10-3-1-9(2-4-10)16(29)24-12(18(31)32)5-6-13(27)28/h2*1-4,8,12,21H,5-7H2,(H,24,29)(H,27,28)(H,31,32)(H3,20,22,25,26,30)/t12-;/m0./s1. The predicted octanol–water partition coefficient (Wildman–Crippen LogP) is -0.0896. The highest BCUT2D eigenvalue weighted by Crippen LogP contribution is 2.14. The zero-order chi connectivity index (χ0) is 46.5. The van der Waals surface area contributed by atoms with E-state index in [0.29, 0.717) is 22.8 Å². The average molecular weight is 883 g/mol. The van der Waals surface area contributed by atoms with Gasteiger partial charge in [-0.15, -0.1) is 0 Å². The van der Waals surface area contributed by atoms with E-state index < -0.39 is 58.9 Å². The lowest BCUT2D eigenvalue weighted by Crippen LogP contribution is -2.41.